The minimum absolute atomic E-state index is 0.203. The molecule has 0 spiro atoms. The number of carbonyl (C=O) groups is 1. The Morgan fingerprint density at radius 3 is 1.39 bits per heavy atom. The van der Waals surface area contributed by atoms with Gasteiger partial charge in [0.2, 0.25) is 0 Å². The molecule has 0 saturated carbocycles. The molecule has 33 heavy (non-hydrogen) atoms. The molecular weight excluding hydrogens is 434 g/mol. The molecule has 1 aromatic carbocycles. The molecule has 0 radical (unpaired) electrons. The van der Waals surface area contributed by atoms with Crippen LogP contribution < -0.4 is 10.5 Å². The van der Waals surface area contributed by atoms with Crippen LogP contribution in [-0.2, 0) is 38.0 Å². The standard InChI is InChI=1S/C23H37NO9/c1-2-23(25)33-20-18-31-16-14-29-12-10-27-8-7-26-9-11-28-13-15-30-17-19-32-22-5-3-21(24)4-6-22/h2-6H,1,7-20,24H2. The van der Waals surface area contributed by atoms with Crippen molar-refractivity contribution in [2.24, 2.45) is 0 Å². The molecule has 0 fully saturated rings. The Hall–Kier alpha value is -2.21. The highest BCUT2D eigenvalue weighted by molar-refractivity contribution is 5.81. The van der Waals surface area contributed by atoms with Crippen LogP contribution in [0, 0.1) is 0 Å². The van der Waals surface area contributed by atoms with Crippen molar-refractivity contribution in [2.75, 3.05) is 98.2 Å². The fourth-order valence-electron chi connectivity index (χ4n) is 2.24. The molecule has 0 bridgehead atoms. The predicted octanol–water partition coefficient (Wildman–Crippen LogP) is 1.48. The normalized spacial score (nSPS) is 10.8. The van der Waals surface area contributed by atoms with E-state index in [0.29, 0.717) is 91.6 Å². The van der Waals surface area contributed by atoms with Crippen LogP contribution in [0.5, 0.6) is 5.75 Å². The minimum atomic E-state index is -0.456. The van der Waals surface area contributed by atoms with Crippen molar-refractivity contribution in [3.8, 4) is 5.75 Å². The molecule has 0 aromatic heterocycles. The number of hydrogen-bond acceptors (Lipinski definition) is 10. The molecule has 0 atom stereocenters. The summed E-state index contributed by atoms with van der Waals surface area (Å²) in [7, 11) is 0. The average Bonchev–Trinajstić information content (AvgIpc) is 2.83. The Kier molecular flexibility index (Phi) is 18.9. The molecule has 0 aliphatic rings. The summed E-state index contributed by atoms with van der Waals surface area (Å²) in [5.41, 5.74) is 6.32. The first kappa shape index (κ1) is 28.8. The number of anilines is 1. The van der Waals surface area contributed by atoms with Crippen molar-refractivity contribution < 1.29 is 42.7 Å². The maximum absolute atomic E-state index is 10.8. The van der Waals surface area contributed by atoms with Crippen LogP contribution in [0.1, 0.15) is 0 Å². The molecule has 2 N–H and O–H groups in total. The van der Waals surface area contributed by atoms with Gasteiger partial charge in [0, 0.05) is 11.8 Å². The van der Waals surface area contributed by atoms with E-state index in [2.05, 4.69) is 6.58 Å². The quantitative estimate of drug-likeness (QED) is 0.109. The van der Waals surface area contributed by atoms with Crippen LogP contribution in [0.25, 0.3) is 0 Å². The van der Waals surface area contributed by atoms with E-state index >= 15 is 0 Å². The minimum Gasteiger partial charge on any atom is -0.491 e. The molecule has 1 rings (SSSR count). The van der Waals surface area contributed by atoms with Gasteiger partial charge in [-0.15, -0.1) is 0 Å². The maximum atomic E-state index is 10.8. The Balaban J connectivity index is 1.68. The van der Waals surface area contributed by atoms with Crippen molar-refractivity contribution in [2.45, 2.75) is 0 Å². The molecule has 0 saturated heterocycles. The van der Waals surface area contributed by atoms with Crippen LogP contribution >= 0.6 is 0 Å². The molecule has 0 amide bonds. The fraction of sp³-hybridized carbons (Fsp3) is 0.609. The van der Waals surface area contributed by atoms with E-state index in [1.54, 1.807) is 12.1 Å². The number of nitrogen functional groups attached to an aromatic ring is 1. The summed E-state index contributed by atoms with van der Waals surface area (Å²) >= 11 is 0. The summed E-state index contributed by atoms with van der Waals surface area (Å²) < 4.78 is 42.6. The van der Waals surface area contributed by atoms with Gasteiger partial charge >= 0.3 is 5.97 Å². The summed E-state index contributed by atoms with van der Waals surface area (Å²) in [5, 5.41) is 0. The zero-order chi connectivity index (χ0) is 23.8. The Morgan fingerprint density at radius 1 is 0.636 bits per heavy atom. The molecular formula is C23H37NO9. The molecule has 1 aromatic rings. The number of rotatable bonds is 23. The zero-order valence-corrected chi connectivity index (χ0v) is 19.2. The van der Waals surface area contributed by atoms with Gasteiger partial charge in [0.25, 0.3) is 0 Å². The first-order valence-electron chi connectivity index (χ1n) is 11.0. The lowest BCUT2D eigenvalue weighted by molar-refractivity contribution is -0.139. The van der Waals surface area contributed by atoms with Gasteiger partial charge in [-0.3, -0.25) is 0 Å². The summed E-state index contributed by atoms with van der Waals surface area (Å²) in [5.74, 6) is 0.312. The smallest absolute Gasteiger partial charge is 0.330 e. The van der Waals surface area contributed by atoms with Gasteiger partial charge in [0.1, 0.15) is 19.0 Å². The lowest BCUT2D eigenvalue weighted by Gasteiger charge is -2.09. The van der Waals surface area contributed by atoms with Gasteiger partial charge in [0.05, 0.1) is 79.3 Å². The first-order valence-corrected chi connectivity index (χ1v) is 11.0. The highest BCUT2D eigenvalue weighted by Crippen LogP contribution is 2.12. The van der Waals surface area contributed by atoms with Crippen LogP contribution in [0.3, 0.4) is 0 Å². The largest absolute Gasteiger partial charge is 0.491 e. The number of benzene rings is 1. The van der Waals surface area contributed by atoms with Crippen molar-refractivity contribution in [1.29, 1.82) is 0 Å². The van der Waals surface area contributed by atoms with Crippen LogP contribution in [0.15, 0.2) is 36.9 Å². The SMILES string of the molecule is C=CC(=O)OCCOCCOCCOCCOCCOCCOCCOc1ccc(N)cc1. The Morgan fingerprint density at radius 2 is 1.00 bits per heavy atom. The van der Waals surface area contributed by atoms with Crippen LogP contribution in [0.4, 0.5) is 5.69 Å². The number of esters is 1. The molecule has 0 aliphatic heterocycles. The summed E-state index contributed by atoms with van der Waals surface area (Å²) in [4.78, 5) is 10.8. The fourth-order valence-corrected chi connectivity index (χ4v) is 2.24. The summed E-state index contributed by atoms with van der Waals surface area (Å²) in [6.07, 6.45) is 1.11. The molecule has 188 valence electrons. The van der Waals surface area contributed by atoms with Gasteiger partial charge in [0.15, 0.2) is 0 Å². The summed E-state index contributed by atoms with van der Waals surface area (Å²) in [6, 6.07) is 7.24. The van der Waals surface area contributed by atoms with E-state index in [0.717, 1.165) is 11.8 Å². The highest BCUT2D eigenvalue weighted by atomic mass is 16.6. The average molecular weight is 472 g/mol. The van der Waals surface area contributed by atoms with E-state index in [1.807, 2.05) is 12.1 Å². The van der Waals surface area contributed by atoms with Crippen LogP contribution in [-0.4, -0.2) is 98.5 Å². The third-order valence-corrected chi connectivity index (χ3v) is 3.88. The van der Waals surface area contributed by atoms with Crippen molar-refractivity contribution in [3.05, 3.63) is 36.9 Å². The third-order valence-electron chi connectivity index (χ3n) is 3.88. The monoisotopic (exact) mass is 471 g/mol. The molecule has 0 heterocycles. The number of hydrogen-bond donors (Lipinski definition) is 1. The molecule has 0 aliphatic carbocycles. The summed E-state index contributed by atoms with van der Waals surface area (Å²) in [6.45, 7) is 9.63. The van der Waals surface area contributed by atoms with E-state index in [9.17, 15) is 4.79 Å². The van der Waals surface area contributed by atoms with Gasteiger partial charge in [-0.25, -0.2) is 4.79 Å². The van der Waals surface area contributed by atoms with Gasteiger partial charge in [-0.2, -0.15) is 0 Å². The second-order valence-corrected chi connectivity index (χ2v) is 6.46. The lowest BCUT2D eigenvalue weighted by Crippen LogP contribution is -2.15. The number of ether oxygens (including phenoxy) is 8. The van der Waals surface area contributed by atoms with E-state index in [-0.39, 0.29) is 6.61 Å². The predicted molar refractivity (Wildman–Crippen MR) is 122 cm³/mol. The maximum Gasteiger partial charge on any atom is 0.330 e. The van der Waals surface area contributed by atoms with Crippen molar-refractivity contribution in [3.63, 3.8) is 0 Å². The van der Waals surface area contributed by atoms with Gasteiger partial charge in [-0.1, -0.05) is 6.58 Å². The lowest BCUT2D eigenvalue weighted by atomic mass is 10.3. The topological polar surface area (TPSA) is 117 Å². The Labute approximate surface area is 195 Å². The molecule has 10 heteroatoms. The van der Waals surface area contributed by atoms with Crippen LogP contribution in [0.2, 0.25) is 0 Å². The molecule has 10 nitrogen and oxygen atoms in total. The Bertz CT molecular complexity index is 598. The van der Waals surface area contributed by atoms with Crippen molar-refractivity contribution >= 4 is 11.7 Å². The zero-order valence-electron chi connectivity index (χ0n) is 19.2. The second kappa shape index (κ2) is 21.6. The number of carbonyl (C=O) groups excluding carboxylic acids is 1. The number of nitrogens with two attached hydrogens (primary N) is 1. The van der Waals surface area contributed by atoms with Gasteiger partial charge < -0.3 is 43.6 Å². The molecule has 0 unspecified atom stereocenters. The van der Waals surface area contributed by atoms with Gasteiger partial charge in [-0.05, 0) is 24.3 Å². The van der Waals surface area contributed by atoms with E-state index in [4.69, 9.17) is 43.6 Å². The first-order chi connectivity index (χ1) is 16.2. The highest BCUT2D eigenvalue weighted by Gasteiger charge is 1.97. The second-order valence-electron chi connectivity index (χ2n) is 6.46. The third kappa shape index (κ3) is 19.0. The van der Waals surface area contributed by atoms with Crippen molar-refractivity contribution in [1.82, 2.24) is 0 Å². The van der Waals surface area contributed by atoms with E-state index in [1.165, 1.54) is 0 Å². The van der Waals surface area contributed by atoms with E-state index < -0.39 is 5.97 Å².